The van der Waals surface area contributed by atoms with Crippen molar-refractivity contribution in [2.75, 3.05) is 45.9 Å². The quantitative estimate of drug-likeness (QED) is 0.391. The topological polar surface area (TPSA) is 52.9 Å². The van der Waals surface area contributed by atoms with Crippen LogP contribution in [0.3, 0.4) is 0 Å². The lowest BCUT2D eigenvalue weighted by molar-refractivity contribution is -0.938. The third-order valence-corrected chi connectivity index (χ3v) is 12.8. The Bertz CT molecular complexity index is 799. The van der Waals surface area contributed by atoms with Crippen molar-refractivity contribution in [2.24, 2.45) is 34.5 Å². The van der Waals surface area contributed by atoms with Crippen molar-refractivity contribution in [1.82, 2.24) is 4.90 Å². The molecule has 4 saturated carbocycles. The molecule has 0 bridgehead atoms. The molecule has 2 aliphatic heterocycles. The van der Waals surface area contributed by atoms with E-state index in [1.165, 1.54) is 58.0 Å². The van der Waals surface area contributed by atoms with E-state index in [0.717, 1.165) is 62.0 Å². The van der Waals surface area contributed by atoms with Crippen LogP contribution in [0.1, 0.15) is 71.6 Å². The Labute approximate surface area is 230 Å². The van der Waals surface area contributed by atoms with Crippen LogP contribution in [0.5, 0.6) is 0 Å². The van der Waals surface area contributed by atoms with E-state index in [2.05, 4.69) is 31.4 Å². The number of aliphatic hydroxyl groups excluding tert-OH is 2. The third-order valence-electron chi connectivity index (χ3n) is 12.8. The lowest BCUT2D eigenvalue weighted by Crippen LogP contribution is -3.00. The van der Waals surface area contributed by atoms with Gasteiger partial charge in [0.05, 0.1) is 39.0 Å². The molecule has 8 unspecified atom stereocenters. The van der Waals surface area contributed by atoms with Gasteiger partial charge < -0.3 is 36.4 Å². The summed E-state index contributed by atoms with van der Waals surface area (Å²) in [6, 6.07) is 0.684. The van der Waals surface area contributed by atoms with E-state index in [1.807, 2.05) is 0 Å². The molecule has 6 heteroatoms. The van der Waals surface area contributed by atoms with Crippen LogP contribution in [0.15, 0.2) is 12.7 Å². The molecule has 6 fully saturated rings. The van der Waals surface area contributed by atoms with Crippen molar-refractivity contribution in [1.29, 1.82) is 0 Å². The number of ether oxygens (including phenoxy) is 1. The third kappa shape index (κ3) is 4.11. The maximum absolute atomic E-state index is 11.9. The second kappa shape index (κ2) is 10.2. The molecule has 6 aliphatic rings. The molecule has 2 N–H and O–H groups in total. The molecule has 36 heavy (non-hydrogen) atoms. The highest BCUT2D eigenvalue weighted by Gasteiger charge is 2.66. The predicted octanol–water partition coefficient (Wildman–Crippen LogP) is 0.841. The van der Waals surface area contributed by atoms with Gasteiger partial charge in [-0.2, -0.15) is 0 Å². The standard InChI is InChI=1S/C30H51N2O3.BrH/c1-4-13-32(14-5-6-15-32)26-19-24-22-8-7-21-18-27(33)25(31-11-16-35-17-12-31)20-30(21,3)23(22)9-10-29(24,2)28(26)34;/h4,21-28,33-34H,1,5-20H2,2-3H3;1H/q+1;/p-1/t21?,22?,23?,24?,25?,26?,27?,28?,29-,30-;/m0./s1. The Morgan fingerprint density at radius 2 is 1.72 bits per heavy atom. The molecule has 2 heterocycles. The fraction of sp³-hybridized carbons (Fsp3) is 0.933. The van der Waals surface area contributed by atoms with Gasteiger partial charge in [0, 0.05) is 43.8 Å². The van der Waals surface area contributed by atoms with Crippen molar-refractivity contribution in [3.63, 3.8) is 0 Å². The van der Waals surface area contributed by atoms with E-state index in [1.54, 1.807) is 0 Å². The van der Waals surface area contributed by atoms with E-state index < -0.39 is 0 Å². The average Bonchev–Trinajstić information content (AvgIpc) is 3.43. The molecule has 0 aromatic carbocycles. The van der Waals surface area contributed by atoms with Crippen LogP contribution in [0, 0.1) is 34.5 Å². The number of rotatable bonds is 4. The van der Waals surface area contributed by atoms with Crippen molar-refractivity contribution in [2.45, 2.75) is 95.9 Å². The van der Waals surface area contributed by atoms with Gasteiger partial charge in [0.2, 0.25) is 0 Å². The number of likely N-dealkylation sites (tertiary alicyclic amines) is 1. The van der Waals surface area contributed by atoms with Gasteiger partial charge in [0.15, 0.2) is 0 Å². The number of nitrogens with zero attached hydrogens (tertiary/aromatic N) is 2. The zero-order valence-electron chi connectivity index (χ0n) is 22.8. The first kappa shape index (κ1) is 27.6. The summed E-state index contributed by atoms with van der Waals surface area (Å²) in [6.45, 7) is 16.2. The fourth-order valence-electron chi connectivity index (χ4n) is 10.9. The van der Waals surface area contributed by atoms with Gasteiger partial charge in [0.1, 0.15) is 12.1 Å². The van der Waals surface area contributed by atoms with Gasteiger partial charge in [-0.25, -0.2) is 0 Å². The number of hydrogen-bond acceptors (Lipinski definition) is 4. The van der Waals surface area contributed by atoms with Crippen molar-refractivity contribution in [3.05, 3.63) is 12.7 Å². The van der Waals surface area contributed by atoms with Crippen LogP contribution < -0.4 is 17.0 Å². The monoisotopic (exact) mass is 566 g/mol. The van der Waals surface area contributed by atoms with Gasteiger partial charge in [-0.05, 0) is 73.7 Å². The number of halogens is 1. The van der Waals surface area contributed by atoms with Gasteiger partial charge in [-0.1, -0.05) is 20.4 Å². The minimum atomic E-state index is -0.187. The molecule has 0 aromatic heterocycles. The summed E-state index contributed by atoms with van der Waals surface area (Å²) in [5, 5.41) is 23.1. The molecule has 4 aliphatic carbocycles. The van der Waals surface area contributed by atoms with E-state index in [0.29, 0.717) is 29.3 Å². The molecular formula is C30H51BrN2O3. The second-order valence-electron chi connectivity index (χ2n) is 14.0. The molecule has 206 valence electrons. The maximum Gasteiger partial charge on any atom is 0.116 e. The summed E-state index contributed by atoms with van der Waals surface area (Å²) in [5.41, 5.74) is 0.387. The summed E-state index contributed by atoms with van der Waals surface area (Å²) < 4.78 is 6.73. The first-order chi connectivity index (χ1) is 16.8. The molecule has 5 nitrogen and oxygen atoms in total. The van der Waals surface area contributed by atoms with E-state index in [4.69, 9.17) is 4.74 Å². The zero-order valence-corrected chi connectivity index (χ0v) is 24.4. The fourth-order valence-corrected chi connectivity index (χ4v) is 10.9. The second-order valence-corrected chi connectivity index (χ2v) is 14.0. The number of hydrogen-bond donors (Lipinski definition) is 2. The number of fused-ring (bicyclic) bond motifs is 5. The van der Waals surface area contributed by atoms with Crippen molar-refractivity contribution < 1.29 is 36.4 Å². The number of aliphatic hydroxyl groups is 2. The molecule has 6 rings (SSSR count). The minimum absolute atomic E-state index is 0. The van der Waals surface area contributed by atoms with Crippen LogP contribution in [0.25, 0.3) is 0 Å². The summed E-state index contributed by atoms with van der Waals surface area (Å²) >= 11 is 0. The molecule has 10 atom stereocenters. The number of quaternary nitrogens is 1. The van der Waals surface area contributed by atoms with Crippen LogP contribution >= 0.6 is 0 Å². The lowest BCUT2D eigenvalue weighted by atomic mass is 9.44. The minimum Gasteiger partial charge on any atom is -1.00 e. The Hall–Kier alpha value is 0.0200. The molecular weight excluding hydrogens is 516 g/mol. The molecule has 0 aromatic rings. The predicted molar refractivity (Wildman–Crippen MR) is 139 cm³/mol. The van der Waals surface area contributed by atoms with Crippen LogP contribution in [0.4, 0.5) is 0 Å². The summed E-state index contributed by atoms with van der Waals surface area (Å²) in [6.07, 6.45) is 12.7. The van der Waals surface area contributed by atoms with E-state index >= 15 is 0 Å². The van der Waals surface area contributed by atoms with Crippen molar-refractivity contribution in [3.8, 4) is 0 Å². The van der Waals surface area contributed by atoms with Crippen LogP contribution in [-0.4, -0.2) is 89.8 Å². The highest BCUT2D eigenvalue weighted by molar-refractivity contribution is 5.13. The van der Waals surface area contributed by atoms with E-state index in [-0.39, 0.29) is 34.6 Å². The Morgan fingerprint density at radius 1 is 1.00 bits per heavy atom. The Kier molecular flexibility index (Phi) is 7.82. The highest BCUT2D eigenvalue weighted by atomic mass is 79.9. The first-order valence-electron chi connectivity index (χ1n) is 15.0. The van der Waals surface area contributed by atoms with Crippen LogP contribution in [-0.2, 0) is 4.74 Å². The van der Waals surface area contributed by atoms with Gasteiger partial charge in [-0.15, -0.1) is 0 Å². The van der Waals surface area contributed by atoms with Gasteiger partial charge in [0.25, 0.3) is 0 Å². The number of morpholine rings is 1. The highest BCUT2D eigenvalue weighted by Crippen LogP contribution is 2.67. The van der Waals surface area contributed by atoms with Gasteiger partial charge >= 0.3 is 0 Å². The SMILES string of the molecule is C=CC[N+]1(C2CC3C4CCC5CC(O)C(N6CCOCC6)C[C@]5(C)C4CC[C@]3(C)C2O)CCCC1.[Br-]. The first-order valence-corrected chi connectivity index (χ1v) is 15.0. The Balaban J connectivity index is 0.00000267. The molecule has 0 radical (unpaired) electrons. The lowest BCUT2D eigenvalue weighted by Gasteiger charge is -2.62. The van der Waals surface area contributed by atoms with Crippen molar-refractivity contribution >= 4 is 0 Å². The average molecular weight is 568 g/mol. The summed E-state index contributed by atoms with van der Waals surface area (Å²) in [4.78, 5) is 2.54. The summed E-state index contributed by atoms with van der Waals surface area (Å²) in [7, 11) is 0. The molecule has 0 spiro atoms. The summed E-state index contributed by atoms with van der Waals surface area (Å²) in [5.74, 6) is 2.78. The normalized spacial score (nSPS) is 50.4. The maximum atomic E-state index is 11.9. The van der Waals surface area contributed by atoms with Gasteiger partial charge in [-0.3, -0.25) is 4.90 Å². The molecule has 2 saturated heterocycles. The van der Waals surface area contributed by atoms with Crippen LogP contribution in [0.2, 0.25) is 0 Å². The molecule has 0 amide bonds. The largest absolute Gasteiger partial charge is 1.00 e. The zero-order chi connectivity index (χ0) is 24.4. The smallest absolute Gasteiger partial charge is 0.116 e. The van der Waals surface area contributed by atoms with E-state index in [9.17, 15) is 10.2 Å². The Morgan fingerprint density at radius 3 is 2.42 bits per heavy atom.